The highest BCUT2D eigenvalue weighted by atomic mass is 35.5. The summed E-state index contributed by atoms with van der Waals surface area (Å²) >= 11 is 5.90. The minimum absolute atomic E-state index is 0.317. The van der Waals surface area contributed by atoms with Crippen LogP contribution in [0.4, 0.5) is 0 Å². The van der Waals surface area contributed by atoms with Gasteiger partial charge in [-0.2, -0.15) is 10.2 Å². The zero-order valence-electron chi connectivity index (χ0n) is 14.1. The van der Waals surface area contributed by atoms with Gasteiger partial charge in [-0.25, -0.2) is 5.43 Å². The maximum Gasteiger partial charge on any atom is 0.289 e. The number of rotatable bonds is 6. The molecular formula is C19H17ClN4O2. The highest BCUT2D eigenvalue weighted by Gasteiger charge is 2.10. The van der Waals surface area contributed by atoms with Crippen molar-refractivity contribution in [1.82, 2.24) is 15.6 Å². The molecule has 0 aliphatic heterocycles. The Balaban J connectivity index is 1.64. The Hall–Kier alpha value is -3.12. The van der Waals surface area contributed by atoms with Crippen LogP contribution in [0.2, 0.25) is 5.02 Å². The fraction of sp³-hybridized carbons (Fsp3) is 0.105. The molecule has 0 spiro atoms. The van der Waals surface area contributed by atoms with Gasteiger partial charge in [-0.15, -0.1) is 0 Å². The van der Waals surface area contributed by atoms with Crippen LogP contribution in [0.15, 0.2) is 59.7 Å². The Morgan fingerprint density at radius 1 is 1.27 bits per heavy atom. The molecule has 26 heavy (non-hydrogen) atoms. The van der Waals surface area contributed by atoms with E-state index in [2.05, 4.69) is 20.7 Å². The summed E-state index contributed by atoms with van der Waals surface area (Å²) in [4.78, 5) is 12.1. The molecule has 0 aliphatic rings. The first-order valence-electron chi connectivity index (χ1n) is 8.03. The van der Waals surface area contributed by atoms with Gasteiger partial charge in [0.1, 0.15) is 11.4 Å². The number of ether oxygens (including phenoxy) is 1. The molecule has 0 unspecified atom stereocenters. The van der Waals surface area contributed by atoms with Crippen molar-refractivity contribution in [3.05, 3.63) is 70.9 Å². The van der Waals surface area contributed by atoms with Crippen LogP contribution in [0, 0.1) is 0 Å². The van der Waals surface area contributed by atoms with E-state index >= 15 is 0 Å². The van der Waals surface area contributed by atoms with Gasteiger partial charge < -0.3 is 4.74 Å². The monoisotopic (exact) mass is 368 g/mol. The van der Waals surface area contributed by atoms with Gasteiger partial charge >= 0.3 is 0 Å². The summed E-state index contributed by atoms with van der Waals surface area (Å²) in [6, 6.07) is 16.3. The fourth-order valence-corrected chi connectivity index (χ4v) is 2.49. The summed E-state index contributed by atoms with van der Waals surface area (Å²) in [5.74, 6) is 0.410. The summed E-state index contributed by atoms with van der Waals surface area (Å²) in [5, 5.41) is 11.4. The van der Waals surface area contributed by atoms with Gasteiger partial charge in [0.2, 0.25) is 0 Å². The lowest BCUT2D eigenvalue weighted by atomic mass is 10.1. The van der Waals surface area contributed by atoms with Crippen LogP contribution in [0.25, 0.3) is 11.3 Å². The Labute approximate surface area is 155 Å². The number of halogens is 1. The Morgan fingerprint density at radius 2 is 2.08 bits per heavy atom. The van der Waals surface area contributed by atoms with Gasteiger partial charge in [0.25, 0.3) is 5.91 Å². The summed E-state index contributed by atoms with van der Waals surface area (Å²) in [5.41, 5.74) is 5.10. The van der Waals surface area contributed by atoms with E-state index in [-0.39, 0.29) is 5.91 Å². The van der Waals surface area contributed by atoms with E-state index in [4.69, 9.17) is 16.3 Å². The number of nitrogens with zero attached hydrogens (tertiary/aromatic N) is 2. The Morgan fingerprint density at radius 3 is 2.81 bits per heavy atom. The van der Waals surface area contributed by atoms with Crippen molar-refractivity contribution in [2.45, 2.75) is 6.92 Å². The van der Waals surface area contributed by atoms with E-state index in [9.17, 15) is 4.79 Å². The van der Waals surface area contributed by atoms with Crippen LogP contribution in [0.3, 0.4) is 0 Å². The van der Waals surface area contributed by atoms with Gasteiger partial charge in [-0.3, -0.25) is 9.89 Å². The van der Waals surface area contributed by atoms with Crippen LogP contribution >= 0.6 is 11.6 Å². The van der Waals surface area contributed by atoms with Gasteiger partial charge in [-0.1, -0.05) is 23.7 Å². The molecule has 0 saturated carbocycles. The van der Waals surface area contributed by atoms with Crippen molar-refractivity contribution in [2.75, 3.05) is 6.61 Å². The molecule has 132 valence electrons. The standard InChI is InChI=1S/C19H17ClN4O2/c1-2-26-16-8-6-14(7-9-16)17-11-18(23-22-17)19(25)24-21-12-13-4-3-5-15(20)10-13/h3-12H,2H2,1H3,(H,22,23)(H,24,25). The SMILES string of the molecule is CCOc1ccc(-c2cc(C(=O)NN=Cc3cccc(Cl)c3)[nH]n2)cc1. The fourth-order valence-electron chi connectivity index (χ4n) is 2.29. The number of hydrogen-bond acceptors (Lipinski definition) is 4. The number of aromatic amines is 1. The van der Waals surface area contributed by atoms with Gasteiger partial charge in [0.15, 0.2) is 0 Å². The van der Waals surface area contributed by atoms with Crippen LogP contribution in [0.5, 0.6) is 5.75 Å². The van der Waals surface area contributed by atoms with Gasteiger partial charge in [0, 0.05) is 10.6 Å². The average molecular weight is 369 g/mol. The molecule has 0 atom stereocenters. The number of carbonyl (C=O) groups is 1. The lowest BCUT2D eigenvalue weighted by Crippen LogP contribution is -2.17. The predicted molar refractivity (Wildman–Crippen MR) is 102 cm³/mol. The van der Waals surface area contributed by atoms with Crippen molar-refractivity contribution in [2.24, 2.45) is 5.10 Å². The van der Waals surface area contributed by atoms with Gasteiger partial charge in [0.05, 0.1) is 18.5 Å². The van der Waals surface area contributed by atoms with Crippen molar-refractivity contribution >= 4 is 23.7 Å². The number of nitrogens with one attached hydrogen (secondary N) is 2. The van der Waals surface area contributed by atoms with Crippen molar-refractivity contribution < 1.29 is 9.53 Å². The minimum Gasteiger partial charge on any atom is -0.494 e. The first-order chi connectivity index (χ1) is 12.7. The zero-order chi connectivity index (χ0) is 18.4. The second kappa shape index (κ2) is 8.31. The summed E-state index contributed by atoms with van der Waals surface area (Å²) in [6.07, 6.45) is 1.52. The third-order valence-corrected chi connectivity index (χ3v) is 3.75. The molecule has 6 nitrogen and oxygen atoms in total. The summed E-state index contributed by atoms with van der Waals surface area (Å²) < 4.78 is 5.41. The molecule has 2 N–H and O–H groups in total. The Kier molecular flexibility index (Phi) is 5.66. The van der Waals surface area contributed by atoms with Crippen molar-refractivity contribution in [3.63, 3.8) is 0 Å². The normalized spacial score (nSPS) is 10.8. The molecular weight excluding hydrogens is 352 g/mol. The van der Waals surface area contributed by atoms with E-state index < -0.39 is 0 Å². The maximum atomic E-state index is 12.1. The summed E-state index contributed by atoms with van der Waals surface area (Å²) in [7, 11) is 0. The van der Waals surface area contributed by atoms with E-state index in [0.717, 1.165) is 16.9 Å². The Bertz CT molecular complexity index is 919. The van der Waals surface area contributed by atoms with Crippen LogP contribution in [0.1, 0.15) is 23.0 Å². The highest BCUT2D eigenvalue weighted by Crippen LogP contribution is 2.21. The van der Waals surface area contributed by atoms with E-state index in [1.807, 2.05) is 43.3 Å². The topological polar surface area (TPSA) is 79.4 Å². The molecule has 0 saturated heterocycles. The van der Waals surface area contributed by atoms with Gasteiger partial charge in [-0.05, 0) is 55.0 Å². The molecule has 3 aromatic rings. The molecule has 2 aromatic carbocycles. The molecule has 3 rings (SSSR count). The number of aromatic nitrogens is 2. The second-order valence-corrected chi connectivity index (χ2v) is 5.81. The molecule has 0 aliphatic carbocycles. The maximum absolute atomic E-state index is 12.1. The quantitative estimate of drug-likeness (QED) is 0.511. The lowest BCUT2D eigenvalue weighted by molar-refractivity contribution is 0.0950. The summed E-state index contributed by atoms with van der Waals surface area (Å²) in [6.45, 7) is 2.54. The first kappa shape index (κ1) is 17.7. The number of benzene rings is 2. The van der Waals surface area contributed by atoms with E-state index in [0.29, 0.717) is 23.0 Å². The molecule has 1 amide bonds. The molecule has 0 fully saturated rings. The van der Waals surface area contributed by atoms with Crippen molar-refractivity contribution in [3.8, 4) is 17.0 Å². The van der Waals surface area contributed by atoms with Crippen LogP contribution < -0.4 is 10.2 Å². The molecule has 1 aromatic heterocycles. The van der Waals surface area contributed by atoms with E-state index in [1.54, 1.807) is 18.2 Å². The number of carbonyl (C=O) groups excluding carboxylic acids is 1. The predicted octanol–water partition coefficient (Wildman–Crippen LogP) is 3.89. The highest BCUT2D eigenvalue weighted by molar-refractivity contribution is 6.30. The van der Waals surface area contributed by atoms with Crippen LogP contribution in [-0.4, -0.2) is 28.9 Å². The zero-order valence-corrected chi connectivity index (χ0v) is 14.8. The molecule has 1 heterocycles. The first-order valence-corrected chi connectivity index (χ1v) is 8.41. The second-order valence-electron chi connectivity index (χ2n) is 5.38. The van der Waals surface area contributed by atoms with Crippen molar-refractivity contribution in [1.29, 1.82) is 0 Å². The third-order valence-electron chi connectivity index (χ3n) is 3.51. The number of hydrogen-bond donors (Lipinski definition) is 2. The number of H-pyrrole nitrogens is 1. The molecule has 0 bridgehead atoms. The largest absolute Gasteiger partial charge is 0.494 e. The molecule has 7 heteroatoms. The average Bonchev–Trinajstić information content (AvgIpc) is 3.13. The smallest absolute Gasteiger partial charge is 0.289 e. The minimum atomic E-state index is -0.382. The number of amides is 1. The number of hydrazone groups is 1. The lowest BCUT2D eigenvalue weighted by Gasteiger charge is -2.02. The third kappa shape index (κ3) is 4.49. The van der Waals surface area contributed by atoms with Crippen LogP contribution in [-0.2, 0) is 0 Å². The van der Waals surface area contributed by atoms with E-state index in [1.165, 1.54) is 6.21 Å². The molecule has 0 radical (unpaired) electrons.